The molecule has 0 aliphatic heterocycles. The van der Waals surface area contributed by atoms with Crippen molar-refractivity contribution >= 4 is 0 Å². The van der Waals surface area contributed by atoms with E-state index in [4.69, 9.17) is 4.74 Å². The minimum absolute atomic E-state index is 0.111. The van der Waals surface area contributed by atoms with Crippen LogP contribution in [0.25, 0.3) is 5.82 Å². The van der Waals surface area contributed by atoms with Crippen LogP contribution in [0.15, 0.2) is 48.5 Å². The van der Waals surface area contributed by atoms with Crippen molar-refractivity contribution in [1.82, 2.24) is 14.8 Å². The third-order valence-corrected chi connectivity index (χ3v) is 5.25. The third kappa shape index (κ3) is 5.14. The van der Waals surface area contributed by atoms with E-state index in [9.17, 15) is 0 Å². The summed E-state index contributed by atoms with van der Waals surface area (Å²) in [6.45, 7) is 11.5. The number of nitrogens with one attached hydrogen (secondary N) is 1. The predicted molar refractivity (Wildman–Crippen MR) is 115 cm³/mol. The van der Waals surface area contributed by atoms with Gasteiger partial charge in [0, 0.05) is 28.6 Å². The van der Waals surface area contributed by atoms with Gasteiger partial charge in [-0.3, -0.25) is 5.10 Å². The summed E-state index contributed by atoms with van der Waals surface area (Å²) in [6.07, 6.45) is 4.41. The molecular formula is C24H33N3O. The lowest BCUT2D eigenvalue weighted by Gasteiger charge is -2.25. The van der Waals surface area contributed by atoms with Crippen LogP contribution in [0.3, 0.4) is 0 Å². The zero-order chi connectivity index (χ0) is 20.1. The molecular weight excluding hydrogens is 346 g/mol. The number of nitrogens with zero attached hydrogens (tertiary/aromatic N) is 2. The molecule has 0 amide bonds. The molecule has 0 bridgehead atoms. The largest absolute Gasteiger partial charge is 0.374 e. The van der Waals surface area contributed by atoms with Crippen molar-refractivity contribution in [1.29, 1.82) is 0 Å². The summed E-state index contributed by atoms with van der Waals surface area (Å²) < 4.78 is 7.82. The topological polar surface area (TPSA) is 42.8 Å². The van der Waals surface area contributed by atoms with Gasteiger partial charge in [-0.2, -0.15) is 5.10 Å². The number of benzene rings is 1. The number of aromatic nitrogens is 3. The van der Waals surface area contributed by atoms with Crippen molar-refractivity contribution in [3.05, 3.63) is 71.2 Å². The zero-order valence-electron chi connectivity index (χ0n) is 17.8. The van der Waals surface area contributed by atoms with Crippen molar-refractivity contribution in [2.75, 3.05) is 0 Å². The maximum atomic E-state index is 5.66. The van der Waals surface area contributed by atoms with Gasteiger partial charge in [-0.25, -0.2) is 0 Å². The number of hydrogen-bond acceptors (Lipinski definition) is 2. The lowest BCUT2D eigenvalue weighted by atomic mass is 9.92. The van der Waals surface area contributed by atoms with Gasteiger partial charge in [0.25, 0.3) is 0 Å². The van der Waals surface area contributed by atoms with Crippen LogP contribution in [-0.2, 0) is 16.8 Å². The Morgan fingerprint density at radius 2 is 1.68 bits per heavy atom. The first-order valence-electron chi connectivity index (χ1n) is 10.2. The van der Waals surface area contributed by atoms with Crippen molar-refractivity contribution in [2.45, 2.75) is 72.0 Å². The molecule has 2 heterocycles. The van der Waals surface area contributed by atoms with Crippen LogP contribution in [0.2, 0.25) is 0 Å². The van der Waals surface area contributed by atoms with Crippen LogP contribution >= 0.6 is 0 Å². The van der Waals surface area contributed by atoms with E-state index in [0.717, 1.165) is 18.1 Å². The van der Waals surface area contributed by atoms with Crippen molar-refractivity contribution in [3.8, 4) is 5.82 Å². The molecule has 0 radical (unpaired) electrons. The fourth-order valence-electron chi connectivity index (χ4n) is 3.17. The van der Waals surface area contributed by atoms with Gasteiger partial charge in [-0.05, 0) is 50.8 Å². The minimum Gasteiger partial charge on any atom is -0.374 e. The molecule has 1 aromatic carbocycles. The number of hydrogen-bond donors (Lipinski definition) is 1. The van der Waals surface area contributed by atoms with E-state index in [1.807, 2.05) is 6.07 Å². The molecule has 3 aromatic rings. The standard InChI is InChI=1S/C13H19N3.C11H14O/c1-9-6-7-10(2)16(9)12-8-11(14-15-12)13(3,4)5;1-2-5-10(6-3-1)9-12-11-7-4-8-11/h6-8H,1-5H3,(H,14,15);1-3,5-6,11H,4,7-9H2. The molecule has 1 aliphatic carbocycles. The highest BCUT2D eigenvalue weighted by Gasteiger charge is 2.18. The highest BCUT2D eigenvalue weighted by molar-refractivity contribution is 5.33. The third-order valence-electron chi connectivity index (χ3n) is 5.25. The summed E-state index contributed by atoms with van der Waals surface area (Å²) in [5.74, 6) is 0.977. The summed E-state index contributed by atoms with van der Waals surface area (Å²) in [5, 5.41) is 7.50. The van der Waals surface area contributed by atoms with Gasteiger partial charge >= 0.3 is 0 Å². The van der Waals surface area contributed by atoms with Gasteiger partial charge < -0.3 is 9.30 Å². The van der Waals surface area contributed by atoms with Crippen molar-refractivity contribution < 1.29 is 4.74 Å². The average molecular weight is 380 g/mol. The summed E-state index contributed by atoms with van der Waals surface area (Å²) in [6, 6.07) is 16.7. The summed E-state index contributed by atoms with van der Waals surface area (Å²) in [5.41, 5.74) is 4.98. The maximum absolute atomic E-state index is 5.66. The molecule has 4 heteroatoms. The first-order valence-corrected chi connectivity index (χ1v) is 10.2. The van der Waals surface area contributed by atoms with Crippen LogP contribution in [0.1, 0.15) is 62.7 Å². The molecule has 2 aromatic heterocycles. The van der Waals surface area contributed by atoms with Crippen LogP contribution < -0.4 is 0 Å². The molecule has 0 unspecified atom stereocenters. The first-order chi connectivity index (χ1) is 13.3. The Bertz CT molecular complexity index is 847. The van der Waals surface area contributed by atoms with Gasteiger partial charge in [-0.1, -0.05) is 51.1 Å². The number of aryl methyl sites for hydroxylation is 2. The van der Waals surface area contributed by atoms with Crippen LogP contribution in [0.5, 0.6) is 0 Å². The second kappa shape index (κ2) is 8.78. The normalized spacial score (nSPS) is 14.3. The fourth-order valence-corrected chi connectivity index (χ4v) is 3.17. The highest BCUT2D eigenvalue weighted by Crippen LogP contribution is 2.24. The fraction of sp³-hybridized carbons (Fsp3) is 0.458. The van der Waals surface area contributed by atoms with Crippen LogP contribution in [0, 0.1) is 13.8 Å². The Morgan fingerprint density at radius 3 is 2.18 bits per heavy atom. The lowest BCUT2D eigenvalue weighted by molar-refractivity contribution is -0.00866. The van der Waals surface area contributed by atoms with Gasteiger partial charge in [0.2, 0.25) is 0 Å². The van der Waals surface area contributed by atoms with Crippen LogP contribution in [-0.4, -0.2) is 20.9 Å². The molecule has 1 aliphatic rings. The molecule has 4 nitrogen and oxygen atoms in total. The average Bonchev–Trinajstić information content (AvgIpc) is 3.22. The Balaban J connectivity index is 0.000000167. The van der Waals surface area contributed by atoms with Crippen molar-refractivity contribution in [3.63, 3.8) is 0 Å². The van der Waals surface area contributed by atoms with Gasteiger partial charge in [0.15, 0.2) is 5.82 Å². The first kappa shape index (κ1) is 20.4. The molecule has 4 rings (SSSR count). The Morgan fingerprint density at radius 1 is 1.04 bits per heavy atom. The van der Waals surface area contributed by atoms with E-state index >= 15 is 0 Å². The molecule has 28 heavy (non-hydrogen) atoms. The predicted octanol–water partition coefficient (Wildman–Crippen LogP) is 5.87. The monoisotopic (exact) mass is 379 g/mol. The SMILES string of the molecule is Cc1ccc(C)n1-c1cc(C(C)(C)C)[nH]n1.c1ccc(COC2CCC2)cc1. The molecule has 0 saturated heterocycles. The van der Waals surface area contributed by atoms with Gasteiger partial charge in [0.1, 0.15) is 0 Å². The molecule has 1 saturated carbocycles. The summed E-state index contributed by atoms with van der Waals surface area (Å²) in [7, 11) is 0. The minimum atomic E-state index is 0.111. The second-order valence-electron chi connectivity index (χ2n) is 8.69. The van der Waals surface area contributed by atoms with E-state index in [0.29, 0.717) is 6.10 Å². The number of aromatic amines is 1. The molecule has 1 N–H and O–H groups in total. The van der Waals surface area contributed by atoms with E-state index < -0.39 is 0 Å². The number of H-pyrrole nitrogens is 1. The number of ether oxygens (including phenoxy) is 1. The zero-order valence-corrected chi connectivity index (χ0v) is 17.8. The maximum Gasteiger partial charge on any atom is 0.159 e. The van der Waals surface area contributed by atoms with E-state index in [-0.39, 0.29) is 5.41 Å². The lowest BCUT2D eigenvalue weighted by Crippen LogP contribution is -2.21. The summed E-state index contributed by atoms with van der Waals surface area (Å²) in [4.78, 5) is 0. The summed E-state index contributed by atoms with van der Waals surface area (Å²) >= 11 is 0. The Kier molecular flexibility index (Phi) is 6.40. The van der Waals surface area contributed by atoms with Gasteiger partial charge in [-0.15, -0.1) is 0 Å². The smallest absolute Gasteiger partial charge is 0.159 e. The van der Waals surface area contributed by atoms with Crippen LogP contribution in [0.4, 0.5) is 0 Å². The Hall–Kier alpha value is -2.33. The second-order valence-corrected chi connectivity index (χ2v) is 8.69. The van der Waals surface area contributed by atoms with E-state index in [1.54, 1.807) is 0 Å². The number of rotatable bonds is 4. The molecule has 0 spiro atoms. The quantitative estimate of drug-likeness (QED) is 0.616. The van der Waals surface area contributed by atoms with Gasteiger partial charge in [0.05, 0.1) is 12.7 Å². The van der Waals surface area contributed by atoms with Crippen molar-refractivity contribution in [2.24, 2.45) is 0 Å². The molecule has 0 atom stereocenters. The Labute approximate surface area is 168 Å². The molecule has 150 valence electrons. The molecule has 1 fully saturated rings. The van der Waals surface area contributed by atoms with E-state index in [1.165, 1.54) is 36.2 Å². The van der Waals surface area contributed by atoms with E-state index in [2.05, 4.69) is 91.8 Å². The highest BCUT2D eigenvalue weighted by atomic mass is 16.5.